The minimum atomic E-state index is -2.98. The van der Waals surface area contributed by atoms with Crippen LogP contribution in [0.3, 0.4) is 0 Å². The number of rotatable bonds is 12. The minimum absolute atomic E-state index is 0.254. The number of nitrogens with one attached hydrogen (secondary N) is 1. The molecule has 1 saturated carbocycles. The van der Waals surface area contributed by atoms with Gasteiger partial charge in [-0.15, -0.1) is 0 Å². The van der Waals surface area contributed by atoms with Crippen LogP contribution in [0.15, 0.2) is 0 Å². The molecular formula is C13H26BrNO2S. The normalized spacial score (nSPS) is 16.1. The molecule has 108 valence electrons. The van der Waals surface area contributed by atoms with Gasteiger partial charge in [-0.1, -0.05) is 54.5 Å². The molecular weight excluding hydrogens is 314 g/mol. The molecule has 1 rings (SSSR count). The van der Waals surface area contributed by atoms with Gasteiger partial charge in [0.25, 0.3) is 0 Å². The van der Waals surface area contributed by atoms with Crippen molar-refractivity contribution >= 4 is 26.0 Å². The molecule has 1 aliphatic carbocycles. The van der Waals surface area contributed by atoms with Crippen molar-refractivity contribution < 1.29 is 8.42 Å². The van der Waals surface area contributed by atoms with Crippen LogP contribution in [-0.2, 0) is 10.0 Å². The van der Waals surface area contributed by atoms with Crippen LogP contribution in [0.25, 0.3) is 0 Å². The third-order valence-electron chi connectivity index (χ3n) is 3.22. The highest BCUT2D eigenvalue weighted by atomic mass is 79.9. The molecule has 3 nitrogen and oxygen atoms in total. The largest absolute Gasteiger partial charge is 0.212 e. The van der Waals surface area contributed by atoms with Gasteiger partial charge >= 0.3 is 0 Å². The first-order chi connectivity index (χ1) is 8.64. The van der Waals surface area contributed by atoms with Gasteiger partial charge in [-0.3, -0.25) is 0 Å². The van der Waals surface area contributed by atoms with Crippen molar-refractivity contribution in [3.8, 4) is 0 Å². The topological polar surface area (TPSA) is 46.2 Å². The fourth-order valence-corrected chi connectivity index (χ4v) is 3.80. The Bertz CT molecular complexity index is 302. The fraction of sp³-hybridized carbons (Fsp3) is 1.00. The lowest BCUT2D eigenvalue weighted by Crippen LogP contribution is -2.28. The highest BCUT2D eigenvalue weighted by Gasteiger charge is 2.26. The third-order valence-corrected chi connectivity index (χ3v) is 5.30. The standard InChI is InChI=1S/C13H26BrNO2S/c14-11-7-5-3-1-2-4-6-8-12-18(16,17)15-13-9-10-13/h13,15H,1-12H2. The zero-order valence-electron chi connectivity index (χ0n) is 11.2. The van der Waals surface area contributed by atoms with Crippen LogP contribution in [-0.4, -0.2) is 25.5 Å². The van der Waals surface area contributed by atoms with Gasteiger partial charge in [0.05, 0.1) is 5.75 Å². The molecule has 0 heterocycles. The fourth-order valence-electron chi connectivity index (χ4n) is 1.96. The van der Waals surface area contributed by atoms with Crippen molar-refractivity contribution in [1.82, 2.24) is 4.72 Å². The first-order valence-electron chi connectivity index (χ1n) is 7.20. The number of hydrogen-bond acceptors (Lipinski definition) is 2. The summed E-state index contributed by atoms with van der Waals surface area (Å²) >= 11 is 3.43. The van der Waals surface area contributed by atoms with E-state index in [1.54, 1.807) is 0 Å². The Labute approximate surface area is 120 Å². The van der Waals surface area contributed by atoms with Crippen molar-refractivity contribution in [2.24, 2.45) is 0 Å². The Kier molecular flexibility index (Phi) is 8.51. The molecule has 0 aliphatic heterocycles. The van der Waals surface area contributed by atoms with Gasteiger partial charge in [0.15, 0.2) is 0 Å². The van der Waals surface area contributed by atoms with Crippen molar-refractivity contribution in [2.45, 2.75) is 70.3 Å². The Hall–Kier alpha value is 0.390. The molecule has 0 bridgehead atoms. The van der Waals surface area contributed by atoms with E-state index in [0.29, 0.717) is 5.75 Å². The van der Waals surface area contributed by atoms with E-state index in [9.17, 15) is 8.42 Å². The maximum absolute atomic E-state index is 11.6. The lowest BCUT2D eigenvalue weighted by Gasteiger charge is -2.05. The average Bonchev–Trinajstić information content (AvgIpc) is 3.10. The summed E-state index contributed by atoms with van der Waals surface area (Å²) < 4.78 is 25.9. The third kappa shape index (κ3) is 9.34. The van der Waals surface area contributed by atoms with Crippen molar-refractivity contribution in [2.75, 3.05) is 11.1 Å². The maximum atomic E-state index is 11.6. The monoisotopic (exact) mass is 339 g/mol. The maximum Gasteiger partial charge on any atom is 0.211 e. The van der Waals surface area contributed by atoms with Crippen LogP contribution >= 0.6 is 15.9 Å². The average molecular weight is 340 g/mol. The molecule has 0 unspecified atom stereocenters. The van der Waals surface area contributed by atoms with Crippen LogP contribution in [0.5, 0.6) is 0 Å². The lowest BCUT2D eigenvalue weighted by atomic mass is 10.1. The molecule has 0 aromatic heterocycles. The second-order valence-corrected chi connectivity index (χ2v) is 7.89. The molecule has 0 atom stereocenters. The predicted molar refractivity (Wildman–Crippen MR) is 80.7 cm³/mol. The molecule has 0 spiro atoms. The van der Waals surface area contributed by atoms with Crippen LogP contribution < -0.4 is 4.72 Å². The summed E-state index contributed by atoms with van der Waals surface area (Å²) in [5, 5.41) is 1.11. The number of sulfonamides is 1. The zero-order valence-corrected chi connectivity index (χ0v) is 13.6. The molecule has 0 amide bonds. The van der Waals surface area contributed by atoms with E-state index in [1.807, 2.05) is 0 Å². The number of unbranched alkanes of at least 4 members (excludes halogenated alkanes) is 7. The number of halogens is 1. The second-order valence-electron chi connectivity index (χ2n) is 5.23. The first kappa shape index (κ1) is 16.4. The minimum Gasteiger partial charge on any atom is -0.212 e. The van der Waals surface area contributed by atoms with Gasteiger partial charge < -0.3 is 0 Å². The van der Waals surface area contributed by atoms with E-state index in [4.69, 9.17) is 0 Å². The highest BCUT2D eigenvalue weighted by Crippen LogP contribution is 2.20. The molecule has 1 fully saturated rings. The Morgan fingerprint density at radius 1 is 0.889 bits per heavy atom. The molecule has 0 saturated heterocycles. The van der Waals surface area contributed by atoms with E-state index in [0.717, 1.165) is 31.0 Å². The Morgan fingerprint density at radius 3 is 1.89 bits per heavy atom. The van der Waals surface area contributed by atoms with Crippen LogP contribution in [0.4, 0.5) is 0 Å². The molecule has 1 aliphatic rings. The Morgan fingerprint density at radius 2 is 1.39 bits per heavy atom. The van der Waals surface area contributed by atoms with Gasteiger partial charge in [-0.05, 0) is 25.7 Å². The summed E-state index contributed by atoms with van der Waals surface area (Å²) in [6.45, 7) is 0. The summed E-state index contributed by atoms with van der Waals surface area (Å²) in [5.74, 6) is 0.313. The van der Waals surface area contributed by atoms with E-state index in [2.05, 4.69) is 20.7 Å². The van der Waals surface area contributed by atoms with Gasteiger partial charge in [0.2, 0.25) is 10.0 Å². The van der Waals surface area contributed by atoms with Crippen LogP contribution in [0, 0.1) is 0 Å². The predicted octanol–water partition coefficient (Wildman–Crippen LogP) is 3.58. The molecule has 0 aromatic carbocycles. The summed E-state index contributed by atoms with van der Waals surface area (Å²) in [5.41, 5.74) is 0. The quantitative estimate of drug-likeness (QED) is 0.436. The van der Waals surface area contributed by atoms with Gasteiger partial charge in [-0.2, -0.15) is 0 Å². The molecule has 18 heavy (non-hydrogen) atoms. The van der Waals surface area contributed by atoms with E-state index >= 15 is 0 Å². The molecule has 0 aromatic rings. The summed E-state index contributed by atoms with van der Waals surface area (Å²) in [6, 6.07) is 0.254. The molecule has 0 radical (unpaired) electrons. The van der Waals surface area contributed by atoms with Gasteiger partial charge in [-0.25, -0.2) is 13.1 Å². The molecule has 1 N–H and O–H groups in total. The molecule has 5 heteroatoms. The van der Waals surface area contributed by atoms with E-state index in [-0.39, 0.29) is 6.04 Å². The van der Waals surface area contributed by atoms with Crippen molar-refractivity contribution in [3.63, 3.8) is 0 Å². The van der Waals surface area contributed by atoms with E-state index < -0.39 is 10.0 Å². The first-order valence-corrected chi connectivity index (χ1v) is 9.97. The smallest absolute Gasteiger partial charge is 0.211 e. The van der Waals surface area contributed by atoms with Crippen LogP contribution in [0.1, 0.15) is 64.2 Å². The van der Waals surface area contributed by atoms with Gasteiger partial charge in [0.1, 0.15) is 0 Å². The van der Waals surface area contributed by atoms with E-state index in [1.165, 1.54) is 38.5 Å². The van der Waals surface area contributed by atoms with Crippen LogP contribution in [0.2, 0.25) is 0 Å². The number of alkyl halides is 1. The highest BCUT2D eigenvalue weighted by molar-refractivity contribution is 9.09. The van der Waals surface area contributed by atoms with Crippen molar-refractivity contribution in [1.29, 1.82) is 0 Å². The number of hydrogen-bond donors (Lipinski definition) is 1. The summed E-state index contributed by atoms with van der Waals surface area (Å²) in [6.07, 6.45) is 11.5. The second kappa shape index (κ2) is 9.32. The van der Waals surface area contributed by atoms with Crippen molar-refractivity contribution in [3.05, 3.63) is 0 Å². The zero-order chi connectivity index (χ0) is 13.3. The van der Waals surface area contributed by atoms with Gasteiger partial charge in [0, 0.05) is 11.4 Å². The summed E-state index contributed by atoms with van der Waals surface area (Å²) in [7, 11) is -2.98. The lowest BCUT2D eigenvalue weighted by molar-refractivity contribution is 0.565. The SMILES string of the molecule is O=S(=O)(CCCCCCCCCCBr)NC1CC1. The Balaban J connectivity index is 1.85. The summed E-state index contributed by atoms with van der Waals surface area (Å²) in [4.78, 5) is 0.